The van der Waals surface area contributed by atoms with E-state index in [0.29, 0.717) is 11.4 Å². The highest BCUT2D eigenvalue weighted by Crippen LogP contribution is 2.47. The van der Waals surface area contributed by atoms with Gasteiger partial charge in [0, 0.05) is 94.0 Å². The number of aromatic nitrogens is 6. The van der Waals surface area contributed by atoms with Gasteiger partial charge in [0.15, 0.2) is 0 Å². The van der Waals surface area contributed by atoms with Crippen LogP contribution >= 0.6 is 0 Å². The van der Waals surface area contributed by atoms with E-state index in [9.17, 15) is 0 Å². The second-order valence-corrected chi connectivity index (χ2v) is 13.7. The summed E-state index contributed by atoms with van der Waals surface area (Å²) in [5, 5.41) is 1.85. The number of hydrogen-bond donors (Lipinski definition) is 2. The van der Waals surface area contributed by atoms with Gasteiger partial charge in [0.25, 0.3) is 0 Å². The quantitative estimate of drug-likeness (QED) is 0.169. The van der Waals surface area contributed by atoms with Crippen LogP contribution in [0.15, 0.2) is 183 Å². The number of pyridine rings is 4. The molecule has 8 nitrogen and oxygen atoms in total. The molecule has 10 rings (SSSR count). The first kappa shape index (κ1) is 32.8. The minimum absolute atomic E-state index is 0.627. The molecule has 0 amide bonds. The maximum absolute atomic E-state index is 7.36. The van der Waals surface area contributed by atoms with Crippen LogP contribution in [0.5, 0.6) is 0 Å². The molecule has 10 aromatic rings. The molecule has 0 aliphatic carbocycles. The van der Waals surface area contributed by atoms with Gasteiger partial charge >= 0.3 is 0 Å². The number of nitrogen functional groups attached to an aromatic ring is 2. The van der Waals surface area contributed by atoms with Gasteiger partial charge in [-0.25, -0.2) is 0 Å². The average Bonchev–Trinajstić information content (AvgIpc) is 3.74. The molecule has 0 atom stereocenters. The fourth-order valence-electron chi connectivity index (χ4n) is 7.81. The molecule has 0 fully saturated rings. The molecule has 4 aromatic carbocycles. The zero-order valence-electron chi connectivity index (χ0n) is 30.2. The van der Waals surface area contributed by atoms with Crippen LogP contribution in [0.1, 0.15) is 0 Å². The van der Waals surface area contributed by atoms with E-state index in [-0.39, 0.29) is 0 Å². The molecule has 6 aromatic heterocycles. The zero-order valence-corrected chi connectivity index (χ0v) is 30.2. The van der Waals surface area contributed by atoms with Crippen molar-refractivity contribution in [3.8, 4) is 67.3 Å². The summed E-state index contributed by atoms with van der Waals surface area (Å²) in [5.74, 6) is 0. The fourth-order valence-corrected chi connectivity index (χ4v) is 7.81. The summed E-state index contributed by atoms with van der Waals surface area (Å²) in [4.78, 5) is 17.8. The minimum Gasteiger partial charge on any atom is -0.396 e. The van der Waals surface area contributed by atoms with Crippen molar-refractivity contribution in [2.24, 2.45) is 0 Å². The van der Waals surface area contributed by atoms with Crippen molar-refractivity contribution in [1.82, 2.24) is 29.1 Å². The van der Waals surface area contributed by atoms with Crippen LogP contribution in [-0.2, 0) is 0 Å². The highest BCUT2D eigenvalue weighted by Gasteiger charge is 2.27. The van der Waals surface area contributed by atoms with E-state index >= 15 is 0 Å². The van der Waals surface area contributed by atoms with E-state index in [2.05, 4.69) is 114 Å². The summed E-state index contributed by atoms with van der Waals surface area (Å²) in [6.07, 6.45) is 14.7. The Morgan fingerprint density at radius 2 is 0.661 bits per heavy atom. The van der Waals surface area contributed by atoms with Crippen molar-refractivity contribution >= 4 is 33.2 Å². The molecule has 0 aliphatic heterocycles. The second kappa shape index (κ2) is 13.5. The number of rotatable bonds is 7. The lowest BCUT2D eigenvalue weighted by molar-refractivity contribution is 1.07. The number of para-hydroxylation sites is 2. The lowest BCUT2D eigenvalue weighted by Gasteiger charge is -2.19. The Hall–Kier alpha value is -7.84. The van der Waals surface area contributed by atoms with Crippen LogP contribution < -0.4 is 11.5 Å². The molecule has 0 saturated heterocycles. The van der Waals surface area contributed by atoms with Gasteiger partial charge in [0.2, 0.25) is 0 Å². The summed E-state index contributed by atoms with van der Waals surface area (Å²) >= 11 is 0. The average molecular weight is 723 g/mol. The van der Waals surface area contributed by atoms with Crippen molar-refractivity contribution in [1.29, 1.82) is 0 Å². The molecule has 4 N–H and O–H groups in total. The maximum atomic E-state index is 7.36. The predicted octanol–water partition coefficient (Wildman–Crippen LogP) is 10.7. The van der Waals surface area contributed by atoms with Crippen LogP contribution in [-0.4, -0.2) is 29.1 Å². The molecule has 6 heterocycles. The number of nitrogens with two attached hydrogens (primary N) is 2. The van der Waals surface area contributed by atoms with Crippen LogP contribution in [0.3, 0.4) is 0 Å². The molecule has 8 heteroatoms. The summed E-state index contributed by atoms with van der Waals surface area (Å²) in [5.41, 5.74) is 29.3. The van der Waals surface area contributed by atoms with Gasteiger partial charge in [-0.2, -0.15) is 0 Å². The van der Waals surface area contributed by atoms with E-state index in [4.69, 9.17) is 11.5 Å². The predicted molar refractivity (Wildman–Crippen MR) is 227 cm³/mol. The van der Waals surface area contributed by atoms with Crippen molar-refractivity contribution in [3.63, 3.8) is 0 Å². The van der Waals surface area contributed by atoms with E-state index in [1.165, 1.54) is 0 Å². The van der Waals surface area contributed by atoms with Crippen LogP contribution in [0.2, 0.25) is 0 Å². The summed E-state index contributed by atoms with van der Waals surface area (Å²) in [6.45, 7) is 0. The molecule has 0 aliphatic rings. The standard InChI is InChI=1S/C48H34N8/c49-45-41-13-1-3-15-43(41)55(39-23-35(31-9-5-17-51-27-31)21-36(24-39)32-10-6-18-52-28-32)47(45)48-46(50)42-14-2-4-16-44(42)56(48)40-25-37(33-11-7-19-53-29-33)22-38(26-40)34-12-8-20-54-30-34/h1-30H,49-50H2. The van der Waals surface area contributed by atoms with Crippen molar-refractivity contribution < 1.29 is 0 Å². The Labute approximate surface area is 323 Å². The topological polar surface area (TPSA) is 113 Å². The van der Waals surface area contributed by atoms with Gasteiger partial charge in [0.1, 0.15) is 0 Å². The normalized spacial score (nSPS) is 11.4. The molecule has 0 saturated carbocycles. The lowest BCUT2D eigenvalue weighted by Crippen LogP contribution is -2.06. The molecule has 0 radical (unpaired) electrons. The smallest absolute Gasteiger partial charge is 0.0964 e. The van der Waals surface area contributed by atoms with Gasteiger partial charge in [0.05, 0.1) is 33.8 Å². The molecule has 266 valence electrons. The number of benzene rings is 4. The van der Waals surface area contributed by atoms with Crippen molar-refractivity contribution in [2.75, 3.05) is 11.5 Å². The number of nitrogens with zero attached hydrogens (tertiary/aromatic N) is 6. The van der Waals surface area contributed by atoms with Gasteiger partial charge < -0.3 is 20.6 Å². The third-order valence-corrected chi connectivity index (χ3v) is 10.4. The second-order valence-electron chi connectivity index (χ2n) is 13.7. The maximum Gasteiger partial charge on any atom is 0.0964 e. The van der Waals surface area contributed by atoms with E-state index < -0.39 is 0 Å². The van der Waals surface area contributed by atoms with Crippen molar-refractivity contribution in [3.05, 3.63) is 183 Å². The third kappa shape index (κ3) is 5.56. The zero-order chi connectivity index (χ0) is 37.6. The number of hydrogen-bond acceptors (Lipinski definition) is 6. The molecule has 0 bridgehead atoms. The number of fused-ring (bicyclic) bond motifs is 2. The Morgan fingerprint density at radius 1 is 0.339 bits per heavy atom. The Bertz CT molecular complexity index is 2700. The molecular weight excluding hydrogens is 689 g/mol. The van der Waals surface area contributed by atoms with Crippen LogP contribution in [0.25, 0.3) is 89.1 Å². The first-order valence-electron chi connectivity index (χ1n) is 18.3. The summed E-state index contributed by atoms with van der Waals surface area (Å²) in [6, 6.07) is 45.8. The fraction of sp³-hybridized carbons (Fsp3) is 0. The largest absolute Gasteiger partial charge is 0.396 e. The van der Waals surface area contributed by atoms with Gasteiger partial charge in [-0.05, 0) is 95.1 Å². The molecule has 56 heavy (non-hydrogen) atoms. The van der Waals surface area contributed by atoms with Gasteiger partial charge in [-0.15, -0.1) is 0 Å². The minimum atomic E-state index is 0.627. The van der Waals surface area contributed by atoms with E-state index in [1.54, 1.807) is 24.8 Å². The van der Waals surface area contributed by atoms with Gasteiger partial charge in [-0.1, -0.05) is 60.7 Å². The van der Waals surface area contributed by atoms with Crippen molar-refractivity contribution in [2.45, 2.75) is 0 Å². The van der Waals surface area contributed by atoms with Crippen LogP contribution in [0.4, 0.5) is 11.4 Å². The summed E-state index contributed by atoms with van der Waals surface area (Å²) < 4.78 is 4.50. The lowest BCUT2D eigenvalue weighted by atomic mass is 9.99. The number of anilines is 2. The first-order valence-corrected chi connectivity index (χ1v) is 18.3. The van der Waals surface area contributed by atoms with Crippen LogP contribution in [0, 0.1) is 0 Å². The Balaban J connectivity index is 1.31. The molecule has 0 spiro atoms. The molecular formula is C48H34N8. The highest BCUT2D eigenvalue weighted by molar-refractivity contribution is 6.09. The first-order chi connectivity index (χ1) is 27.6. The van der Waals surface area contributed by atoms with E-state index in [0.717, 1.165) is 89.1 Å². The van der Waals surface area contributed by atoms with E-state index in [1.807, 2.05) is 73.3 Å². The Kier molecular flexibility index (Phi) is 7.92. The molecule has 0 unspecified atom stereocenters. The van der Waals surface area contributed by atoms with Gasteiger partial charge in [-0.3, -0.25) is 19.9 Å². The Morgan fingerprint density at radius 3 is 0.964 bits per heavy atom. The monoisotopic (exact) mass is 722 g/mol. The third-order valence-electron chi connectivity index (χ3n) is 10.4. The SMILES string of the molecule is Nc1c(-c2c(N)c3ccccc3n2-c2cc(-c3cccnc3)cc(-c3cccnc3)c2)n(-c2cc(-c3cccnc3)cc(-c3cccnc3)c2)c2ccccc12. The summed E-state index contributed by atoms with van der Waals surface area (Å²) in [7, 11) is 0. The highest BCUT2D eigenvalue weighted by atomic mass is 15.1.